The molecule has 2 aromatic carbocycles. The predicted molar refractivity (Wildman–Crippen MR) is 116 cm³/mol. The average molecular weight is 387 g/mol. The molecule has 1 aliphatic heterocycles. The zero-order chi connectivity index (χ0) is 20.1. The maximum atomic E-state index is 12.9. The third-order valence-electron chi connectivity index (χ3n) is 5.22. The van der Waals surface area contributed by atoms with Gasteiger partial charge in [-0.25, -0.2) is 0 Å². The van der Waals surface area contributed by atoms with Crippen molar-refractivity contribution in [2.45, 2.75) is 6.92 Å². The van der Waals surface area contributed by atoms with Gasteiger partial charge in [0.05, 0.1) is 0 Å². The number of anilines is 3. The van der Waals surface area contributed by atoms with E-state index in [9.17, 15) is 4.79 Å². The fourth-order valence-corrected chi connectivity index (χ4v) is 3.64. The van der Waals surface area contributed by atoms with E-state index in [-0.39, 0.29) is 5.91 Å². The van der Waals surface area contributed by atoms with Crippen molar-refractivity contribution in [3.63, 3.8) is 0 Å². The van der Waals surface area contributed by atoms with Gasteiger partial charge >= 0.3 is 0 Å². The van der Waals surface area contributed by atoms with Crippen LogP contribution >= 0.6 is 0 Å². The average Bonchev–Trinajstić information content (AvgIpc) is 2.81. The van der Waals surface area contributed by atoms with Crippen molar-refractivity contribution in [1.29, 1.82) is 0 Å². The number of nitrogens with zero attached hydrogens (tertiary/aromatic N) is 5. The summed E-state index contributed by atoms with van der Waals surface area (Å²) in [6.07, 6.45) is 0. The molecule has 0 atom stereocenters. The lowest BCUT2D eigenvalue weighted by Crippen LogP contribution is -2.49. The molecule has 0 bridgehead atoms. The van der Waals surface area contributed by atoms with Gasteiger partial charge < -0.3 is 14.7 Å². The molecular weight excluding hydrogens is 362 g/mol. The summed E-state index contributed by atoms with van der Waals surface area (Å²) in [5, 5.41) is 8.55. The molecule has 1 fully saturated rings. The molecule has 0 unspecified atom stereocenters. The number of amides is 1. The van der Waals surface area contributed by atoms with Gasteiger partial charge in [-0.05, 0) is 43.3 Å². The topological polar surface area (TPSA) is 52.6 Å². The minimum atomic E-state index is -0.0560. The van der Waals surface area contributed by atoms with Crippen LogP contribution in [0, 0.1) is 0 Å². The molecule has 0 saturated carbocycles. The Kier molecular flexibility index (Phi) is 5.70. The fourth-order valence-electron chi connectivity index (χ4n) is 3.64. The summed E-state index contributed by atoms with van der Waals surface area (Å²) in [6.45, 7) is 5.84. The van der Waals surface area contributed by atoms with Crippen LogP contribution in [0.1, 0.15) is 17.4 Å². The van der Waals surface area contributed by atoms with Crippen LogP contribution in [0.5, 0.6) is 0 Å². The quantitative estimate of drug-likeness (QED) is 0.670. The molecule has 29 heavy (non-hydrogen) atoms. The summed E-state index contributed by atoms with van der Waals surface area (Å²) in [5.41, 5.74) is 2.65. The molecule has 1 amide bonds. The highest BCUT2D eigenvalue weighted by Gasteiger charge is 2.23. The lowest BCUT2D eigenvalue weighted by molar-refractivity contribution is 0.0739. The van der Waals surface area contributed by atoms with Crippen molar-refractivity contribution in [2.75, 3.05) is 42.5 Å². The van der Waals surface area contributed by atoms with Crippen molar-refractivity contribution >= 4 is 23.1 Å². The van der Waals surface area contributed by atoms with Gasteiger partial charge in [0, 0.05) is 44.1 Å². The zero-order valence-electron chi connectivity index (χ0n) is 16.6. The number of aromatic nitrogens is 2. The first-order valence-electron chi connectivity index (χ1n) is 10.0. The monoisotopic (exact) mass is 387 g/mol. The van der Waals surface area contributed by atoms with E-state index >= 15 is 0 Å². The molecular formula is C23H25N5O. The van der Waals surface area contributed by atoms with Crippen molar-refractivity contribution in [2.24, 2.45) is 0 Å². The van der Waals surface area contributed by atoms with Gasteiger partial charge in [0.1, 0.15) is 0 Å². The maximum Gasteiger partial charge on any atom is 0.274 e. The largest absolute Gasteiger partial charge is 0.368 e. The van der Waals surface area contributed by atoms with Gasteiger partial charge in [0.25, 0.3) is 5.91 Å². The molecule has 0 spiro atoms. The molecule has 148 valence electrons. The van der Waals surface area contributed by atoms with Crippen molar-refractivity contribution in [3.05, 3.63) is 78.5 Å². The van der Waals surface area contributed by atoms with Gasteiger partial charge in [0.15, 0.2) is 11.5 Å². The summed E-state index contributed by atoms with van der Waals surface area (Å²) >= 11 is 0. The number of rotatable bonds is 5. The van der Waals surface area contributed by atoms with Crippen molar-refractivity contribution in [3.8, 4) is 0 Å². The standard InChI is InChI=1S/C23H25N5O/c1-2-28(20-11-7-4-8-12-20)22-14-13-21(24-25-22)23(29)27-17-15-26(16-18-27)19-9-5-3-6-10-19/h3-14H,2,15-18H2,1H3. The number of piperazine rings is 1. The molecule has 4 rings (SSSR count). The van der Waals surface area contributed by atoms with E-state index in [2.05, 4.69) is 39.1 Å². The van der Waals surface area contributed by atoms with Crippen molar-refractivity contribution in [1.82, 2.24) is 15.1 Å². The first kappa shape index (κ1) is 18.9. The lowest BCUT2D eigenvalue weighted by Gasteiger charge is -2.35. The Morgan fingerprint density at radius 2 is 1.52 bits per heavy atom. The summed E-state index contributed by atoms with van der Waals surface area (Å²) in [5.74, 6) is 0.684. The molecule has 6 nitrogen and oxygen atoms in total. The number of para-hydroxylation sites is 2. The zero-order valence-corrected chi connectivity index (χ0v) is 16.6. The van der Waals surface area contributed by atoms with Crippen LogP contribution in [0.3, 0.4) is 0 Å². The van der Waals surface area contributed by atoms with Gasteiger partial charge in [-0.15, -0.1) is 10.2 Å². The Bertz CT molecular complexity index is 923. The minimum Gasteiger partial charge on any atom is -0.368 e. The molecule has 1 aromatic heterocycles. The van der Waals surface area contributed by atoms with E-state index in [4.69, 9.17) is 0 Å². The van der Waals surface area contributed by atoms with Crippen LogP contribution in [-0.4, -0.2) is 53.7 Å². The minimum absolute atomic E-state index is 0.0560. The van der Waals surface area contributed by atoms with Gasteiger partial charge in [-0.1, -0.05) is 36.4 Å². The van der Waals surface area contributed by atoms with Crippen LogP contribution in [0.2, 0.25) is 0 Å². The summed E-state index contributed by atoms with van der Waals surface area (Å²) in [7, 11) is 0. The highest BCUT2D eigenvalue weighted by molar-refractivity contribution is 5.92. The van der Waals surface area contributed by atoms with Gasteiger partial charge in [-0.2, -0.15) is 0 Å². The number of carbonyl (C=O) groups is 1. The number of carbonyl (C=O) groups excluding carboxylic acids is 1. The predicted octanol–water partition coefficient (Wildman–Crippen LogP) is 3.60. The summed E-state index contributed by atoms with van der Waals surface area (Å²) in [6, 6.07) is 24.0. The normalized spacial score (nSPS) is 14.0. The van der Waals surface area contributed by atoms with Crippen molar-refractivity contribution < 1.29 is 4.79 Å². The van der Waals surface area contributed by atoms with Gasteiger partial charge in [-0.3, -0.25) is 4.79 Å². The van der Waals surface area contributed by atoms with E-state index in [0.717, 1.165) is 31.1 Å². The highest BCUT2D eigenvalue weighted by Crippen LogP contribution is 2.22. The van der Waals surface area contributed by atoms with Crippen LogP contribution in [0.4, 0.5) is 17.2 Å². The molecule has 1 saturated heterocycles. The van der Waals surface area contributed by atoms with E-state index in [1.807, 2.05) is 59.5 Å². The first-order valence-corrected chi connectivity index (χ1v) is 10.0. The van der Waals surface area contributed by atoms with Gasteiger partial charge in [0.2, 0.25) is 0 Å². The molecule has 2 heterocycles. The number of benzene rings is 2. The van der Waals surface area contributed by atoms with E-state index < -0.39 is 0 Å². The van der Waals surface area contributed by atoms with Crippen LogP contribution in [-0.2, 0) is 0 Å². The Morgan fingerprint density at radius 3 is 2.10 bits per heavy atom. The molecule has 0 radical (unpaired) electrons. The van der Waals surface area contributed by atoms with E-state index in [0.29, 0.717) is 18.8 Å². The molecule has 1 aliphatic rings. The molecule has 6 heteroatoms. The Labute approximate surface area is 171 Å². The smallest absolute Gasteiger partial charge is 0.274 e. The van der Waals surface area contributed by atoms with E-state index in [1.54, 1.807) is 6.07 Å². The SMILES string of the molecule is CCN(c1ccccc1)c1ccc(C(=O)N2CCN(c3ccccc3)CC2)nn1. The summed E-state index contributed by atoms with van der Waals surface area (Å²) in [4.78, 5) is 19.1. The Hall–Kier alpha value is -3.41. The molecule has 0 N–H and O–H groups in total. The second kappa shape index (κ2) is 8.73. The van der Waals surface area contributed by atoms with E-state index in [1.165, 1.54) is 5.69 Å². The number of hydrogen-bond donors (Lipinski definition) is 0. The Balaban J connectivity index is 1.41. The molecule has 3 aromatic rings. The molecule has 0 aliphatic carbocycles. The third-order valence-corrected chi connectivity index (χ3v) is 5.22. The fraction of sp³-hybridized carbons (Fsp3) is 0.261. The second-order valence-corrected chi connectivity index (χ2v) is 6.97. The second-order valence-electron chi connectivity index (χ2n) is 6.97. The van der Waals surface area contributed by atoms with Crippen LogP contribution < -0.4 is 9.80 Å². The van der Waals surface area contributed by atoms with Crippen LogP contribution in [0.25, 0.3) is 0 Å². The first-order chi connectivity index (χ1) is 14.3. The third kappa shape index (κ3) is 4.21. The Morgan fingerprint density at radius 1 is 0.862 bits per heavy atom. The number of hydrogen-bond acceptors (Lipinski definition) is 5. The summed E-state index contributed by atoms with van der Waals surface area (Å²) < 4.78 is 0. The highest BCUT2D eigenvalue weighted by atomic mass is 16.2. The van der Waals surface area contributed by atoms with Crippen LogP contribution in [0.15, 0.2) is 72.8 Å². The lowest BCUT2D eigenvalue weighted by atomic mass is 10.2. The maximum absolute atomic E-state index is 12.9.